The molecule has 0 saturated carbocycles. The minimum absolute atomic E-state index is 0.0704. The normalized spacial score (nSPS) is 11.3. The predicted molar refractivity (Wildman–Crippen MR) is 70.2 cm³/mol. The van der Waals surface area contributed by atoms with Crippen molar-refractivity contribution in [2.24, 2.45) is 0 Å². The van der Waals surface area contributed by atoms with E-state index in [1.165, 1.54) is 6.07 Å². The molecule has 7 heteroatoms. The van der Waals surface area contributed by atoms with E-state index < -0.39 is 6.61 Å². The average Bonchev–Trinajstić information content (AvgIpc) is 2.33. The monoisotopic (exact) mass is 339 g/mol. The van der Waals surface area contributed by atoms with Gasteiger partial charge in [0.2, 0.25) is 0 Å². The number of aliphatic hydroxyl groups is 2. The molecule has 108 valence electrons. The maximum Gasteiger partial charge on any atom is 0.387 e. The van der Waals surface area contributed by atoms with E-state index in [0.717, 1.165) is 4.47 Å². The zero-order valence-corrected chi connectivity index (χ0v) is 11.8. The van der Waals surface area contributed by atoms with Gasteiger partial charge in [-0.25, -0.2) is 0 Å². The largest absolute Gasteiger partial charge is 0.434 e. The van der Waals surface area contributed by atoms with E-state index in [0.29, 0.717) is 25.2 Å². The first-order chi connectivity index (χ1) is 9.06. The molecule has 0 aliphatic carbocycles. The molecule has 19 heavy (non-hydrogen) atoms. The first-order valence-corrected chi connectivity index (χ1v) is 6.53. The number of nitrogens with zero attached hydrogens (tertiary/aromatic N) is 1. The summed E-state index contributed by atoms with van der Waals surface area (Å²) in [5.41, 5.74) is 0.566. The number of hydrogen-bond donors (Lipinski definition) is 2. The van der Waals surface area contributed by atoms with Gasteiger partial charge in [-0.3, -0.25) is 4.90 Å². The first kappa shape index (κ1) is 16.3. The van der Waals surface area contributed by atoms with Crippen LogP contribution in [-0.4, -0.2) is 48.0 Å². The van der Waals surface area contributed by atoms with Gasteiger partial charge in [-0.05, 0) is 18.2 Å². The molecular formula is C12H16BrF2NO3. The van der Waals surface area contributed by atoms with Crippen LogP contribution in [0, 0.1) is 0 Å². The smallest absolute Gasteiger partial charge is 0.387 e. The molecule has 0 aromatic heterocycles. The van der Waals surface area contributed by atoms with Crippen LogP contribution < -0.4 is 4.74 Å². The highest BCUT2D eigenvalue weighted by Gasteiger charge is 2.13. The molecule has 0 fully saturated rings. The van der Waals surface area contributed by atoms with Crippen LogP contribution in [0.5, 0.6) is 5.75 Å². The lowest BCUT2D eigenvalue weighted by molar-refractivity contribution is -0.0508. The summed E-state index contributed by atoms with van der Waals surface area (Å²) in [5.74, 6) is 0.0964. The molecule has 0 heterocycles. The average molecular weight is 340 g/mol. The van der Waals surface area contributed by atoms with Gasteiger partial charge < -0.3 is 14.9 Å². The molecule has 4 nitrogen and oxygen atoms in total. The summed E-state index contributed by atoms with van der Waals surface area (Å²) >= 11 is 3.27. The fourth-order valence-corrected chi connectivity index (χ4v) is 2.08. The van der Waals surface area contributed by atoms with E-state index >= 15 is 0 Å². The summed E-state index contributed by atoms with van der Waals surface area (Å²) in [6.45, 7) is -2.02. The van der Waals surface area contributed by atoms with Crippen LogP contribution in [0.25, 0.3) is 0 Å². The Labute approximate surface area is 118 Å². The minimum Gasteiger partial charge on any atom is -0.434 e. The Bertz CT molecular complexity index is 387. The van der Waals surface area contributed by atoms with E-state index in [4.69, 9.17) is 10.2 Å². The van der Waals surface area contributed by atoms with Gasteiger partial charge >= 0.3 is 6.61 Å². The van der Waals surface area contributed by atoms with Crippen molar-refractivity contribution in [3.05, 3.63) is 28.2 Å². The highest BCUT2D eigenvalue weighted by atomic mass is 79.9. The second-order valence-corrected chi connectivity index (χ2v) is 4.77. The number of hydrogen-bond acceptors (Lipinski definition) is 4. The summed E-state index contributed by atoms with van der Waals surface area (Å²) in [6, 6.07) is 4.75. The molecule has 0 radical (unpaired) electrons. The Morgan fingerprint density at radius 2 is 1.84 bits per heavy atom. The second kappa shape index (κ2) is 8.42. The Morgan fingerprint density at radius 1 is 1.21 bits per heavy atom. The third-order valence-electron chi connectivity index (χ3n) is 2.46. The number of ether oxygens (including phenoxy) is 1. The van der Waals surface area contributed by atoms with Crippen molar-refractivity contribution in [1.82, 2.24) is 4.90 Å². The van der Waals surface area contributed by atoms with Crippen LogP contribution in [0.2, 0.25) is 0 Å². The quantitative estimate of drug-likeness (QED) is 0.758. The third kappa shape index (κ3) is 5.82. The Balaban J connectivity index is 2.86. The molecule has 0 amide bonds. The summed E-state index contributed by atoms with van der Waals surface area (Å²) in [4.78, 5) is 1.75. The topological polar surface area (TPSA) is 52.9 Å². The zero-order valence-electron chi connectivity index (χ0n) is 10.2. The SMILES string of the molecule is OCCN(CCO)Cc1cc(Br)ccc1OC(F)F. The van der Waals surface area contributed by atoms with Crippen molar-refractivity contribution >= 4 is 15.9 Å². The van der Waals surface area contributed by atoms with Gasteiger partial charge in [-0.15, -0.1) is 0 Å². The van der Waals surface area contributed by atoms with Gasteiger partial charge in [0.1, 0.15) is 5.75 Å². The van der Waals surface area contributed by atoms with Gasteiger partial charge in [0.15, 0.2) is 0 Å². The van der Waals surface area contributed by atoms with Crippen molar-refractivity contribution in [3.63, 3.8) is 0 Å². The fourth-order valence-electron chi connectivity index (χ4n) is 1.68. The molecule has 1 aromatic rings. The Morgan fingerprint density at radius 3 is 2.37 bits per heavy atom. The molecule has 0 unspecified atom stereocenters. The Kier molecular flexibility index (Phi) is 7.22. The van der Waals surface area contributed by atoms with Crippen LogP contribution >= 0.6 is 15.9 Å². The van der Waals surface area contributed by atoms with Gasteiger partial charge in [0.05, 0.1) is 13.2 Å². The van der Waals surface area contributed by atoms with Crippen LogP contribution in [0.3, 0.4) is 0 Å². The minimum atomic E-state index is -2.89. The number of aliphatic hydroxyl groups excluding tert-OH is 2. The van der Waals surface area contributed by atoms with Crippen molar-refractivity contribution in [2.45, 2.75) is 13.2 Å². The molecule has 0 aliphatic rings. The van der Waals surface area contributed by atoms with Crippen molar-refractivity contribution in [2.75, 3.05) is 26.3 Å². The standard InChI is InChI=1S/C12H16BrF2NO3/c13-10-1-2-11(19-12(14)15)9(7-10)8-16(3-5-17)4-6-18/h1-2,7,12,17-18H,3-6,8H2. The maximum atomic E-state index is 12.3. The van der Waals surface area contributed by atoms with Crippen LogP contribution in [0.15, 0.2) is 22.7 Å². The van der Waals surface area contributed by atoms with E-state index in [9.17, 15) is 8.78 Å². The van der Waals surface area contributed by atoms with E-state index in [1.54, 1.807) is 17.0 Å². The van der Waals surface area contributed by atoms with Crippen LogP contribution in [0.1, 0.15) is 5.56 Å². The van der Waals surface area contributed by atoms with Gasteiger partial charge in [-0.2, -0.15) is 8.78 Å². The summed E-state index contributed by atoms with van der Waals surface area (Å²) < 4.78 is 29.8. The third-order valence-corrected chi connectivity index (χ3v) is 2.96. The number of rotatable bonds is 8. The highest BCUT2D eigenvalue weighted by Crippen LogP contribution is 2.26. The summed E-state index contributed by atoms with van der Waals surface area (Å²) in [7, 11) is 0. The molecule has 0 bridgehead atoms. The van der Waals surface area contributed by atoms with E-state index in [2.05, 4.69) is 20.7 Å². The van der Waals surface area contributed by atoms with Crippen molar-refractivity contribution in [1.29, 1.82) is 0 Å². The van der Waals surface area contributed by atoms with Crippen LogP contribution in [-0.2, 0) is 6.54 Å². The predicted octanol–water partition coefficient (Wildman–Crippen LogP) is 1.84. The lowest BCUT2D eigenvalue weighted by atomic mass is 10.2. The molecular weight excluding hydrogens is 324 g/mol. The molecule has 0 atom stereocenters. The van der Waals surface area contributed by atoms with E-state index in [-0.39, 0.29) is 19.0 Å². The molecule has 2 N–H and O–H groups in total. The van der Waals surface area contributed by atoms with Crippen molar-refractivity contribution in [3.8, 4) is 5.75 Å². The van der Waals surface area contributed by atoms with Crippen molar-refractivity contribution < 1.29 is 23.7 Å². The number of alkyl halides is 2. The number of benzene rings is 1. The molecule has 0 aliphatic heterocycles. The molecule has 0 saturated heterocycles. The number of halogens is 3. The zero-order chi connectivity index (χ0) is 14.3. The molecule has 1 aromatic carbocycles. The van der Waals surface area contributed by atoms with Gasteiger partial charge in [0, 0.05) is 29.7 Å². The van der Waals surface area contributed by atoms with Gasteiger partial charge in [-0.1, -0.05) is 15.9 Å². The molecule has 0 spiro atoms. The lowest BCUT2D eigenvalue weighted by Gasteiger charge is -2.21. The van der Waals surface area contributed by atoms with E-state index in [1.807, 2.05) is 0 Å². The Hall–Kier alpha value is -0.760. The summed E-state index contributed by atoms with van der Waals surface area (Å²) in [6.07, 6.45) is 0. The second-order valence-electron chi connectivity index (χ2n) is 3.85. The molecule has 1 rings (SSSR count). The van der Waals surface area contributed by atoms with Crippen LogP contribution in [0.4, 0.5) is 8.78 Å². The highest BCUT2D eigenvalue weighted by molar-refractivity contribution is 9.10. The summed E-state index contributed by atoms with van der Waals surface area (Å²) in [5, 5.41) is 17.9. The fraction of sp³-hybridized carbons (Fsp3) is 0.500. The lowest BCUT2D eigenvalue weighted by Crippen LogP contribution is -2.29. The first-order valence-electron chi connectivity index (χ1n) is 5.74. The van der Waals surface area contributed by atoms with Gasteiger partial charge in [0.25, 0.3) is 0 Å². The maximum absolute atomic E-state index is 12.3.